The van der Waals surface area contributed by atoms with Crippen LogP contribution in [0.4, 0.5) is 5.13 Å². The Morgan fingerprint density at radius 2 is 2.58 bits per heavy atom. The number of aromatic nitrogens is 2. The van der Waals surface area contributed by atoms with Crippen LogP contribution in [0.1, 0.15) is 13.3 Å². The molecule has 0 aliphatic carbocycles. The van der Waals surface area contributed by atoms with E-state index in [-0.39, 0.29) is 6.04 Å². The fourth-order valence-electron chi connectivity index (χ4n) is 0.780. The molecule has 0 fully saturated rings. The largest absolute Gasteiger partial charge is 0.346 e. The number of nitriles is 1. The first-order chi connectivity index (χ1) is 5.75. The zero-order valence-electron chi connectivity index (χ0n) is 7.06. The van der Waals surface area contributed by atoms with Gasteiger partial charge in [-0.15, -0.1) is 0 Å². The van der Waals surface area contributed by atoms with Crippen LogP contribution in [0.5, 0.6) is 0 Å². The van der Waals surface area contributed by atoms with Gasteiger partial charge in [0.25, 0.3) is 0 Å². The van der Waals surface area contributed by atoms with Crippen LogP contribution >= 0.6 is 11.5 Å². The summed E-state index contributed by atoms with van der Waals surface area (Å²) in [5.74, 6) is 0. The Morgan fingerprint density at radius 3 is 3.08 bits per heavy atom. The number of hydrogen-bond acceptors (Lipinski definition) is 5. The third-order valence-corrected chi connectivity index (χ3v) is 2.46. The van der Waals surface area contributed by atoms with Gasteiger partial charge in [-0.3, -0.25) is 0 Å². The molecular weight excluding hydrogens is 172 g/mol. The van der Waals surface area contributed by atoms with Gasteiger partial charge in [0.1, 0.15) is 6.33 Å². The zero-order valence-corrected chi connectivity index (χ0v) is 7.88. The van der Waals surface area contributed by atoms with E-state index in [1.807, 2.05) is 18.9 Å². The summed E-state index contributed by atoms with van der Waals surface area (Å²) in [5, 5.41) is 9.33. The third kappa shape index (κ3) is 1.92. The van der Waals surface area contributed by atoms with Gasteiger partial charge in [-0.1, -0.05) is 0 Å². The Bertz CT molecular complexity index is 263. The summed E-state index contributed by atoms with van der Waals surface area (Å²) in [6, 6.07) is 2.32. The molecule has 64 valence electrons. The van der Waals surface area contributed by atoms with Crippen molar-refractivity contribution in [1.29, 1.82) is 5.26 Å². The fourth-order valence-corrected chi connectivity index (χ4v) is 1.37. The zero-order chi connectivity index (χ0) is 8.97. The molecule has 4 nitrogen and oxygen atoms in total. The maximum absolute atomic E-state index is 8.47. The molecule has 0 amide bonds. The van der Waals surface area contributed by atoms with Crippen molar-refractivity contribution in [3.05, 3.63) is 6.33 Å². The van der Waals surface area contributed by atoms with Gasteiger partial charge in [-0.2, -0.15) is 9.64 Å². The van der Waals surface area contributed by atoms with Gasteiger partial charge < -0.3 is 4.90 Å². The molecule has 5 heteroatoms. The van der Waals surface area contributed by atoms with Gasteiger partial charge in [0.2, 0.25) is 5.13 Å². The van der Waals surface area contributed by atoms with E-state index in [1.54, 1.807) is 0 Å². The molecule has 1 rings (SSSR count). The number of rotatable bonds is 3. The van der Waals surface area contributed by atoms with Crippen molar-refractivity contribution in [1.82, 2.24) is 9.36 Å². The monoisotopic (exact) mass is 182 g/mol. The molecule has 12 heavy (non-hydrogen) atoms. The summed E-state index contributed by atoms with van der Waals surface area (Å²) in [4.78, 5) is 6.00. The Morgan fingerprint density at radius 1 is 1.83 bits per heavy atom. The minimum Gasteiger partial charge on any atom is -0.346 e. The van der Waals surface area contributed by atoms with Crippen LogP contribution in [0.3, 0.4) is 0 Å². The lowest BCUT2D eigenvalue weighted by Crippen LogP contribution is -2.28. The highest BCUT2D eigenvalue weighted by Gasteiger charge is 2.11. The molecule has 0 saturated heterocycles. The summed E-state index contributed by atoms with van der Waals surface area (Å²) < 4.78 is 3.89. The van der Waals surface area contributed by atoms with Gasteiger partial charge in [-0.05, 0) is 6.92 Å². The van der Waals surface area contributed by atoms with Gasteiger partial charge in [0.05, 0.1) is 12.5 Å². The van der Waals surface area contributed by atoms with E-state index in [0.717, 1.165) is 5.13 Å². The van der Waals surface area contributed by atoms with E-state index >= 15 is 0 Å². The van der Waals surface area contributed by atoms with Crippen molar-refractivity contribution in [2.75, 3.05) is 11.9 Å². The van der Waals surface area contributed by atoms with Crippen LogP contribution < -0.4 is 4.90 Å². The molecule has 1 atom stereocenters. The Kier molecular flexibility index (Phi) is 3.00. The van der Waals surface area contributed by atoms with Crippen LogP contribution in [0.2, 0.25) is 0 Å². The quantitative estimate of drug-likeness (QED) is 0.706. The Labute approximate surface area is 75.6 Å². The molecule has 0 saturated carbocycles. The van der Waals surface area contributed by atoms with Gasteiger partial charge in [0, 0.05) is 24.6 Å². The second-order valence-electron chi connectivity index (χ2n) is 2.55. The maximum Gasteiger partial charge on any atom is 0.204 e. The van der Waals surface area contributed by atoms with Crippen LogP contribution in [-0.4, -0.2) is 22.4 Å². The molecular formula is C7H10N4S. The average molecular weight is 182 g/mol. The smallest absolute Gasteiger partial charge is 0.204 e. The lowest BCUT2D eigenvalue weighted by molar-refractivity contribution is 0.700. The topological polar surface area (TPSA) is 52.8 Å². The summed E-state index contributed by atoms with van der Waals surface area (Å²) in [5.41, 5.74) is 0. The second-order valence-corrected chi connectivity index (χ2v) is 3.30. The van der Waals surface area contributed by atoms with Crippen LogP contribution in [-0.2, 0) is 0 Å². The van der Waals surface area contributed by atoms with Crippen molar-refractivity contribution >= 4 is 16.7 Å². The van der Waals surface area contributed by atoms with Gasteiger partial charge in [0.15, 0.2) is 0 Å². The van der Waals surface area contributed by atoms with E-state index in [9.17, 15) is 0 Å². The number of anilines is 1. The highest BCUT2D eigenvalue weighted by molar-refractivity contribution is 7.09. The van der Waals surface area contributed by atoms with Crippen molar-refractivity contribution in [3.8, 4) is 6.07 Å². The SMILES string of the molecule is CC(CC#N)N(C)c1ncns1. The molecule has 0 spiro atoms. The predicted octanol–water partition coefficient (Wildman–Crippen LogP) is 1.28. The summed E-state index contributed by atoms with van der Waals surface area (Å²) in [6.45, 7) is 1.99. The molecule has 0 radical (unpaired) electrons. The van der Waals surface area contributed by atoms with Gasteiger partial charge in [-0.25, -0.2) is 4.98 Å². The van der Waals surface area contributed by atoms with E-state index in [1.165, 1.54) is 17.9 Å². The van der Waals surface area contributed by atoms with E-state index in [4.69, 9.17) is 5.26 Å². The van der Waals surface area contributed by atoms with Crippen molar-refractivity contribution in [2.45, 2.75) is 19.4 Å². The summed E-state index contributed by atoms with van der Waals surface area (Å²) >= 11 is 1.34. The van der Waals surface area contributed by atoms with E-state index < -0.39 is 0 Å². The van der Waals surface area contributed by atoms with Crippen LogP contribution in [0.15, 0.2) is 6.33 Å². The van der Waals surface area contributed by atoms with Crippen LogP contribution in [0, 0.1) is 11.3 Å². The molecule has 1 aromatic heterocycles. The fraction of sp³-hybridized carbons (Fsp3) is 0.571. The standard InChI is InChI=1S/C7H10N4S/c1-6(3-4-8)11(2)7-9-5-10-12-7/h5-6H,3H2,1-2H3. The van der Waals surface area contributed by atoms with Crippen LogP contribution in [0.25, 0.3) is 0 Å². The van der Waals surface area contributed by atoms with E-state index in [2.05, 4.69) is 15.4 Å². The first-order valence-electron chi connectivity index (χ1n) is 3.62. The molecule has 0 aliphatic rings. The molecule has 0 aromatic carbocycles. The average Bonchev–Trinajstić information content (AvgIpc) is 2.55. The third-order valence-electron chi connectivity index (χ3n) is 1.70. The Hall–Kier alpha value is -1.15. The second kappa shape index (κ2) is 4.02. The van der Waals surface area contributed by atoms with Crippen molar-refractivity contribution in [2.24, 2.45) is 0 Å². The predicted molar refractivity (Wildman–Crippen MR) is 48.0 cm³/mol. The molecule has 0 aliphatic heterocycles. The Balaban J connectivity index is 2.60. The summed E-state index contributed by atoms with van der Waals surface area (Å²) in [7, 11) is 1.92. The lowest BCUT2D eigenvalue weighted by atomic mass is 10.2. The highest BCUT2D eigenvalue weighted by Crippen LogP contribution is 2.16. The minimum atomic E-state index is 0.197. The van der Waals surface area contributed by atoms with Gasteiger partial charge >= 0.3 is 0 Å². The highest BCUT2D eigenvalue weighted by atomic mass is 32.1. The molecule has 1 unspecified atom stereocenters. The first-order valence-corrected chi connectivity index (χ1v) is 4.39. The molecule has 0 bridgehead atoms. The lowest BCUT2D eigenvalue weighted by Gasteiger charge is -2.20. The normalized spacial score (nSPS) is 12.1. The molecule has 0 N–H and O–H groups in total. The number of hydrogen-bond donors (Lipinski definition) is 0. The summed E-state index contributed by atoms with van der Waals surface area (Å²) in [6.07, 6.45) is 2.03. The minimum absolute atomic E-state index is 0.197. The van der Waals surface area contributed by atoms with E-state index in [0.29, 0.717) is 6.42 Å². The maximum atomic E-state index is 8.47. The molecule has 1 aromatic rings. The first kappa shape index (κ1) is 8.94. The number of nitrogens with zero attached hydrogens (tertiary/aromatic N) is 4. The van der Waals surface area contributed by atoms with Crippen molar-refractivity contribution in [3.63, 3.8) is 0 Å². The van der Waals surface area contributed by atoms with Crippen molar-refractivity contribution < 1.29 is 0 Å². The molecule has 1 heterocycles.